The van der Waals surface area contributed by atoms with Gasteiger partial charge in [-0.2, -0.15) is 0 Å². The van der Waals surface area contributed by atoms with Crippen molar-refractivity contribution in [1.29, 1.82) is 0 Å². The number of benzene rings is 1. The van der Waals surface area contributed by atoms with Gasteiger partial charge in [-0.15, -0.1) is 0 Å². The van der Waals surface area contributed by atoms with Crippen molar-refractivity contribution in [2.75, 3.05) is 37.8 Å². The van der Waals surface area contributed by atoms with Crippen molar-refractivity contribution < 1.29 is 13.2 Å². The first kappa shape index (κ1) is 18.6. The summed E-state index contributed by atoms with van der Waals surface area (Å²) in [5.74, 6) is 0.215. The number of nitrogens with zero attached hydrogens (tertiary/aromatic N) is 1. The largest absolute Gasteiger partial charge is 0.325 e. The zero-order chi connectivity index (χ0) is 16.9. The lowest BCUT2D eigenvalue weighted by Gasteiger charge is -2.32. The average Bonchev–Trinajstić information content (AvgIpc) is 2.47. The molecule has 1 fully saturated rings. The van der Waals surface area contributed by atoms with Crippen LogP contribution in [0, 0.1) is 9.49 Å². The standard InChI is InChI=1S/C15H22IN3O3S/c1-23(21,22)17-9-12-3-2-8-19(10-12)11-15(20)18-14-6-4-13(16)5-7-14/h4-7,12,17H,2-3,8-11H2,1H3,(H,18,20). The van der Waals surface area contributed by atoms with Crippen molar-refractivity contribution in [3.05, 3.63) is 27.8 Å². The van der Waals surface area contributed by atoms with E-state index >= 15 is 0 Å². The number of hydrogen-bond acceptors (Lipinski definition) is 4. The van der Waals surface area contributed by atoms with Gasteiger partial charge >= 0.3 is 0 Å². The molecule has 23 heavy (non-hydrogen) atoms. The molecule has 1 atom stereocenters. The minimum atomic E-state index is -3.16. The second kappa shape index (κ2) is 8.41. The van der Waals surface area contributed by atoms with Crippen LogP contribution in [-0.2, 0) is 14.8 Å². The topological polar surface area (TPSA) is 78.5 Å². The number of hydrogen-bond donors (Lipinski definition) is 2. The molecule has 8 heteroatoms. The molecular formula is C15H22IN3O3S. The van der Waals surface area contributed by atoms with Gasteiger partial charge in [-0.3, -0.25) is 9.69 Å². The molecule has 2 N–H and O–H groups in total. The van der Waals surface area contributed by atoms with Crippen LogP contribution >= 0.6 is 22.6 Å². The monoisotopic (exact) mass is 451 g/mol. The van der Waals surface area contributed by atoms with E-state index in [1.165, 1.54) is 6.26 Å². The summed E-state index contributed by atoms with van der Waals surface area (Å²) in [4.78, 5) is 14.2. The zero-order valence-electron chi connectivity index (χ0n) is 13.1. The lowest BCUT2D eigenvalue weighted by molar-refractivity contribution is -0.117. The molecule has 0 saturated carbocycles. The van der Waals surface area contributed by atoms with Crippen LogP contribution in [0.15, 0.2) is 24.3 Å². The summed E-state index contributed by atoms with van der Waals surface area (Å²) >= 11 is 2.22. The predicted molar refractivity (Wildman–Crippen MR) is 99.8 cm³/mol. The minimum absolute atomic E-state index is 0.0390. The van der Waals surface area contributed by atoms with Crippen molar-refractivity contribution in [3.63, 3.8) is 0 Å². The van der Waals surface area contributed by atoms with Crippen LogP contribution in [0.3, 0.4) is 0 Å². The Morgan fingerprint density at radius 3 is 2.70 bits per heavy atom. The Morgan fingerprint density at radius 2 is 2.04 bits per heavy atom. The third-order valence-electron chi connectivity index (χ3n) is 3.73. The van der Waals surface area contributed by atoms with E-state index in [0.29, 0.717) is 13.1 Å². The molecule has 1 aromatic rings. The molecule has 1 aliphatic rings. The van der Waals surface area contributed by atoms with Gasteiger partial charge in [-0.25, -0.2) is 13.1 Å². The van der Waals surface area contributed by atoms with Gasteiger partial charge in [0.1, 0.15) is 0 Å². The number of halogens is 1. The Morgan fingerprint density at radius 1 is 1.35 bits per heavy atom. The molecule has 128 valence electrons. The Hall–Kier alpha value is -0.710. The van der Waals surface area contributed by atoms with E-state index in [1.807, 2.05) is 24.3 Å². The normalized spacial score (nSPS) is 19.5. The third kappa shape index (κ3) is 7.15. The molecule has 0 spiro atoms. The maximum absolute atomic E-state index is 12.1. The molecule has 0 aliphatic carbocycles. The summed E-state index contributed by atoms with van der Waals surface area (Å²) in [5, 5.41) is 2.89. The number of rotatable bonds is 6. The van der Waals surface area contributed by atoms with E-state index in [0.717, 1.165) is 35.2 Å². The maximum Gasteiger partial charge on any atom is 0.238 e. The highest BCUT2D eigenvalue weighted by Gasteiger charge is 2.22. The van der Waals surface area contributed by atoms with E-state index in [2.05, 4.69) is 37.5 Å². The molecular weight excluding hydrogens is 429 g/mol. The van der Waals surface area contributed by atoms with E-state index < -0.39 is 10.0 Å². The van der Waals surface area contributed by atoms with Gasteiger partial charge in [0.25, 0.3) is 0 Å². The fourth-order valence-corrected chi connectivity index (χ4v) is 3.57. The summed E-state index contributed by atoms with van der Waals surface area (Å²) < 4.78 is 26.0. The molecule has 1 amide bonds. The van der Waals surface area contributed by atoms with Gasteiger partial charge < -0.3 is 5.32 Å². The number of carbonyl (C=O) groups excluding carboxylic acids is 1. The number of sulfonamides is 1. The Balaban J connectivity index is 1.80. The van der Waals surface area contributed by atoms with E-state index in [-0.39, 0.29) is 11.8 Å². The fourth-order valence-electron chi connectivity index (χ4n) is 2.67. The summed E-state index contributed by atoms with van der Waals surface area (Å²) in [6, 6.07) is 7.66. The van der Waals surface area contributed by atoms with Crippen LogP contribution in [0.2, 0.25) is 0 Å². The number of nitrogens with one attached hydrogen (secondary N) is 2. The Labute approximate surface area is 151 Å². The predicted octanol–water partition coefficient (Wildman–Crippen LogP) is 1.49. The maximum atomic E-state index is 12.1. The van der Waals surface area contributed by atoms with Gasteiger partial charge in [-0.1, -0.05) is 0 Å². The highest BCUT2D eigenvalue weighted by atomic mass is 127. The Bertz CT molecular complexity index is 634. The second-order valence-corrected chi connectivity index (χ2v) is 9.00. The number of likely N-dealkylation sites (tertiary alicyclic amines) is 1. The summed E-state index contributed by atoms with van der Waals surface area (Å²) in [5.41, 5.74) is 0.794. The second-order valence-electron chi connectivity index (χ2n) is 5.92. The van der Waals surface area contributed by atoms with Crippen molar-refractivity contribution in [2.45, 2.75) is 12.8 Å². The van der Waals surface area contributed by atoms with Crippen molar-refractivity contribution in [2.24, 2.45) is 5.92 Å². The molecule has 6 nitrogen and oxygen atoms in total. The van der Waals surface area contributed by atoms with Crippen molar-refractivity contribution in [3.8, 4) is 0 Å². The molecule has 1 heterocycles. The lowest BCUT2D eigenvalue weighted by atomic mass is 9.98. The number of piperidine rings is 1. The Kier molecular flexibility index (Phi) is 6.81. The summed E-state index contributed by atoms with van der Waals surface area (Å²) in [6.07, 6.45) is 3.13. The molecule has 0 radical (unpaired) electrons. The number of carbonyl (C=O) groups is 1. The van der Waals surface area contributed by atoms with E-state index in [1.54, 1.807) is 0 Å². The molecule has 0 bridgehead atoms. The first-order valence-electron chi connectivity index (χ1n) is 7.54. The first-order chi connectivity index (χ1) is 10.8. The zero-order valence-corrected chi connectivity index (χ0v) is 16.1. The lowest BCUT2D eigenvalue weighted by Crippen LogP contribution is -2.43. The van der Waals surface area contributed by atoms with Crippen LogP contribution in [0.1, 0.15) is 12.8 Å². The molecule has 1 unspecified atom stereocenters. The van der Waals surface area contributed by atoms with Crippen molar-refractivity contribution in [1.82, 2.24) is 9.62 Å². The highest BCUT2D eigenvalue weighted by molar-refractivity contribution is 14.1. The molecule has 1 aromatic carbocycles. The molecule has 1 saturated heterocycles. The molecule has 0 aromatic heterocycles. The van der Waals surface area contributed by atoms with Gasteiger partial charge in [0, 0.05) is 22.3 Å². The molecule has 2 rings (SSSR count). The van der Waals surface area contributed by atoms with Crippen LogP contribution in [0.5, 0.6) is 0 Å². The SMILES string of the molecule is CS(=O)(=O)NCC1CCCN(CC(=O)Nc2ccc(I)cc2)C1. The first-order valence-corrected chi connectivity index (χ1v) is 10.5. The third-order valence-corrected chi connectivity index (χ3v) is 5.14. The highest BCUT2D eigenvalue weighted by Crippen LogP contribution is 2.16. The van der Waals surface area contributed by atoms with Gasteiger partial charge in [0.2, 0.25) is 15.9 Å². The number of amides is 1. The smallest absolute Gasteiger partial charge is 0.238 e. The van der Waals surface area contributed by atoms with Gasteiger partial charge in [-0.05, 0) is 72.2 Å². The average molecular weight is 451 g/mol. The van der Waals surface area contributed by atoms with Crippen LogP contribution < -0.4 is 10.0 Å². The summed E-state index contributed by atoms with van der Waals surface area (Å²) in [7, 11) is -3.16. The number of anilines is 1. The fraction of sp³-hybridized carbons (Fsp3) is 0.533. The van der Waals surface area contributed by atoms with Crippen LogP contribution in [-0.4, -0.2) is 51.7 Å². The van der Waals surface area contributed by atoms with E-state index in [9.17, 15) is 13.2 Å². The summed E-state index contributed by atoms with van der Waals surface area (Å²) in [6.45, 7) is 2.38. The molecule has 1 aliphatic heterocycles. The minimum Gasteiger partial charge on any atom is -0.325 e. The van der Waals surface area contributed by atoms with Crippen LogP contribution in [0.4, 0.5) is 5.69 Å². The van der Waals surface area contributed by atoms with E-state index in [4.69, 9.17) is 0 Å². The van der Waals surface area contributed by atoms with Crippen LogP contribution in [0.25, 0.3) is 0 Å². The van der Waals surface area contributed by atoms with Gasteiger partial charge in [0.05, 0.1) is 12.8 Å². The quantitative estimate of drug-likeness (QED) is 0.643. The van der Waals surface area contributed by atoms with Gasteiger partial charge in [0.15, 0.2) is 0 Å². The van der Waals surface area contributed by atoms with Crippen molar-refractivity contribution >= 4 is 44.2 Å².